The molecule has 3 N–H and O–H groups in total. The van der Waals surface area contributed by atoms with Crippen LogP contribution in [0.25, 0.3) is 0 Å². The maximum Gasteiger partial charge on any atom is 0.257 e. The van der Waals surface area contributed by atoms with Crippen LogP contribution >= 0.6 is 11.8 Å². The molecule has 3 heterocycles. The molecule has 1 aromatic carbocycles. The molecule has 0 saturated carbocycles. The van der Waals surface area contributed by atoms with Gasteiger partial charge in [-0.15, -0.1) is 0 Å². The number of benzene rings is 1. The molecule has 0 aliphatic carbocycles. The predicted octanol–water partition coefficient (Wildman–Crippen LogP) is 1.99. The molecule has 2 aromatic rings. The van der Waals surface area contributed by atoms with Gasteiger partial charge in [0, 0.05) is 49.1 Å². The highest BCUT2D eigenvalue weighted by Crippen LogP contribution is 2.42. The van der Waals surface area contributed by atoms with Crippen LogP contribution in [-0.4, -0.2) is 40.8 Å². The number of amides is 2. The van der Waals surface area contributed by atoms with Crippen LogP contribution in [0.1, 0.15) is 23.0 Å². The molecule has 144 valence electrons. The van der Waals surface area contributed by atoms with Crippen molar-refractivity contribution in [3.05, 3.63) is 59.9 Å². The Morgan fingerprint density at radius 3 is 2.82 bits per heavy atom. The van der Waals surface area contributed by atoms with Gasteiger partial charge in [-0.2, -0.15) is 0 Å². The van der Waals surface area contributed by atoms with Gasteiger partial charge < -0.3 is 16.0 Å². The minimum Gasteiger partial charge on any atom is -0.326 e. The number of aromatic nitrogens is 1. The van der Waals surface area contributed by atoms with Crippen LogP contribution in [0.15, 0.2) is 53.7 Å². The number of nitrogens with one attached hydrogen (secondary N) is 3. The summed E-state index contributed by atoms with van der Waals surface area (Å²) >= 11 is 1.55. The molecule has 4 rings (SSSR count). The molecule has 2 unspecified atom stereocenters. The average Bonchev–Trinajstić information content (AvgIpc) is 3.13. The number of hydrogen-bond donors (Lipinski definition) is 3. The number of nitrogens with zero attached hydrogens (tertiary/aromatic N) is 2. The lowest BCUT2D eigenvalue weighted by molar-refractivity contribution is -0.114. The second kappa shape index (κ2) is 7.73. The first-order valence-electron chi connectivity index (χ1n) is 9.11. The van der Waals surface area contributed by atoms with Crippen LogP contribution in [0.5, 0.6) is 0 Å². The van der Waals surface area contributed by atoms with Gasteiger partial charge in [-0.3, -0.25) is 14.6 Å². The Bertz CT molecular complexity index is 933. The molecular formula is C20H21N5O2S. The summed E-state index contributed by atoms with van der Waals surface area (Å²) in [4.78, 5) is 33.4. The third-order valence-electron chi connectivity index (χ3n) is 4.96. The molecule has 0 bridgehead atoms. The molecule has 2 amide bonds. The van der Waals surface area contributed by atoms with Gasteiger partial charge in [0.25, 0.3) is 5.91 Å². The van der Waals surface area contributed by atoms with E-state index < -0.39 is 5.54 Å². The molecule has 0 spiro atoms. The van der Waals surface area contributed by atoms with Gasteiger partial charge >= 0.3 is 0 Å². The van der Waals surface area contributed by atoms with Gasteiger partial charge in [-0.05, 0) is 24.3 Å². The Hall–Kier alpha value is -2.71. The molecule has 8 heteroatoms. The number of rotatable bonds is 3. The number of amidine groups is 1. The monoisotopic (exact) mass is 395 g/mol. The van der Waals surface area contributed by atoms with Crippen molar-refractivity contribution < 1.29 is 9.59 Å². The number of thioether (sulfide) groups is 1. The Labute approximate surface area is 167 Å². The molecule has 1 saturated heterocycles. The quantitative estimate of drug-likeness (QED) is 0.739. The van der Waals surface area contributed by atoms with Gasteiger partial charge in [0.1, 0.15) is 5.54 Å². The fourth-order valence-corrected chi connectivity index (χ4v) is 4.74. The zero-order chi connectivity index (χ0) is 19.6. The summed E-state index contributed by atoms with van der Waals surface area (Å²) < 4.78 is 0. The van der Waals surface area contributed by atoms with E-state index >= 15 is 0 Å². The van der Waals surface area contributed by atoms with Crippen molar-refractivity contribution in [3.8, 4) is 0 Å². The van der Waals surface area contributed by atoms with Crippen molar-refractivity contribution in [3.63, 3.8) is 0 Å². The molecule has 0 radical (unpaired) electrons. The standard InChI is InChI=1S/C20H21N5O2S/c1-13(26)23-16-7-8-22-17(9-16)20-12-21-10-15(20)11-28-19(25-20)24-18(27)14-5-3-2-4-6-14/h2-9,15,21H,10-12H2,1H3,(H,22,23,26)(H,24,25,27). The average molecular weight is 395 g/mol. The molecule has 28 heavy (non-hydrogen) atoms. The first kappa shape index (κ1) is 18.6. The number of aliphatic imine (C=N–C) groups is 1. The van der Waals surface area contributed by atoms with Crippen LogP contribution in [0.3, 0.4) is 0 Å². The van der Waals surface area contributed by atoms with Crippen LogP contribution in [0, 0.1) is 5.92 Å². The third-order valence-corrected chi connectivity index (χ3v) is 6.00. The summed E-state index contributed by atoms with van der Waals surface area (Å²) in [6.45, 7) is 2.95. The SMILES string of the molecule is CC(=O)Nc1ccnc(C23CNCC2CSC(NC(=O)c2ccccc2)=N3)c1. The maximum absolute atomic E-state index is 12.5. The van der Waals surface area contributed by atoms with Crippen LogP contribution in [0.2, 0.25) is 0 Å². The fraction of sp³-hybridized carbons (Fsp3) is 0.300. The summed E-state index contributed by atoms with van der Waals surface area (Å²) in [7, 11) is 0. The predicted molar refractivity (Wildman–Crippen MR) is 110 cm³/mol. The first-order chi connectivity index (χ1) is 13.6. The highest BCUT2D eigenvalue weighted by atomic mass is 32.2. The lowest BCUT2D eigenvalue weighted by Crippen LogP contribution is -2.43. The third kappa shape index (κ3) is 3.65. The van der Waals surface area contributed by atoms with Crippen LogP contribution in [-0.2, 0) is 10.3 Å². The van der Waals surface area contributed by atoms with E-state index in [1.54, 1.807) is 36.2 Å². The number of fused-ring (bicyclic) bond motifs is 1. The first-order valence-corrected chi connectivity index (χ1v) is 10.1. The van der Waals surface area contributed by atoms with Crippen molar-refractivity contribution in [1.82, 2.24) is 15.6 Å². The number of anilines is 1. The van der Waals surface area contributed by atoms with Crippen molar-refractivity contribution >= 4 is 34.4 Å². The Kier molecular flexibility index (Phi) is 5.15. The van der Waals surface area contributed by atoms with E-state index in [1.165, 1.54) is 6.92 Å². The van der Waals surface area contributed by atoms with Crippen LogP contribution in [0.4, 0.5) is 5.69 Å². The minimum absolute atomic E-state index is 0.130. The molecule has 7 nitrogen and oxygen atoms in total. The molecule has 2 atom stereocenters. The van der Waals surface area contributed by atoms with Gasteiger partial charge in [0.05, 0.1) is 5.69 Å². The van der Waals surface area contributed by atoms with Gasteiger partial charge in [0.2, 0.25) is 5.91 Å². The lowest BCUT2D eigenvalue weighted by Gasteiger charge is -2.34. The number of carbonyl (C=O) groups excluding carboxylic acids is 2. The minimum atomic E-state index is -0.557. The molecule has 1 aromatic heterocycles. The van der Waals surface area contributed by atoms with E-state index in [9.17, 15) is 9.59 Å². The van der Waals surface area contributed by atoms with Crippen molar-refractivity contribution in [2.75, 3.05) is 24.2 Å². The zero-order valence-corrected chi connectivity index (χ0v) is 16.3. The van der Waals surface area contributed by atoms with Gasteiger partial charge in [0.15, 0.2) is 5.17 Å². The maximum atomic E-state index is 12.5. The largest absolute Gasteiger partial charge is 0.326 e. The van der Waals surface area contributed by atoms with E-state index in [0.717, 1.165) is 18.0 Å². The smallest absolute Gasteiger partial charge is 0.257 e. The van der Waals surface area contributed by atoms with E-state index in [-0.39, 0.29) is 17.7 Å². The van der Waals surface area contributed by atoms with Crippen molar-refractivity contribution in [1.29, 1.82) is 0 Å². The summed E-state index contributed by atoms with van der Waals surface area (Å²) in [5.41, 5.74) is 1.53. The fourth-order valence-electron chi connectivity index (χ4n) is 3.60. The molecular weight excluding hydrogens is 374 g/mol. The second-order valence-corrected chi connectivity index (χ2v) is 7.92. The van der Waals surface area contributed by atoms with Crippen molar-refractivity contribution in [2.45, 2.75) is 12.5 Å². The number of hydrogen-bond acceptors (Lipinski definition) is 6. The highest BCUT2D eigenvalue weighted by Gasteiger charge is 2.48. The van der Waals surface area contributed by atoms with Crippen molar-refractivity contribution in [2.24, 2.45) is 10.9 Å². The number of carbonyl (C=O) groups is 2. The van der Waals surface area contributed by atoms with Gasteiger partial charge in [-0.1, -0.05) is 30.0 Å². The van der Waals surface area contributed by atoms with E-state index in [1.807, 2.05) is 24.3 Å². The highest BCUT2D eigenvalue weighted by molar-refractivity contribution is 8.13. The van der Waals surface area contributed by atoms with E-state index in [0.29, 0.717) is 23.0 Å². The summed E-state index contributed by atoms with van der Waals surface area (Å²) in [6.07, 6.45) is 1.68. The normalized spacial score (nSPS) is 23.5. The summed E-state index contributed by atoms with van der Waals surface area (Å²) in [6, 6.07) is 12.7. The Morgan fingerprint density at radius 2 is 2.04 bits per heavy atom. The molecule has 2 aliphatic rings. The topological polar surface area (TPSA) is 95.5 Å². The molecule has 1 fully saturated rings. The Morgan fingerprint density at radius 1 is 1.21 bits per heavy atom. The van der Waals surface area contributed by atoms with E-state index in [2.05, 4.69) is 20.9 Å². The number of pyridine rings is 1. The zero-order valence-electron chi connectivity index (χ0n) is 15.4. The molecule has 2 aliphatic heterocycles. The van der Waals surface area contributed by atoms with Crippen LogP contribution < -0.4 is 16.0 Å². The van der Waals surface area contributed by atoms with E-state index in [4.69, 9.17) is 4.99 Å². The summed E-state index contributed by atoms with van der Waals surface area (Å²) in [5, 5.41) is 9.75. The summed E-state index contributed by atoms with van der Waals surface area (Å²) in [5.74, 6) is 0.781. The Balaban J connectivity index is 1.65. The lowest BCUT2D eigenvalue weighted by atomic mass is 9.85. The van der Waals surface area contributed by atoms with Gasteiger partial charge in [-0.25, -0.2) is 4.99 Å². The second-order valence-electron chi connectivity index (χ2n) is 6.91.